The summed E-state index contributed by atoms with van der Waals surface area (Å²) in [6.07, 6.45) is -0.0543. The highest BCUT2D eigenvalue weighted by atomic mass is 31.2. The van der Waals surface area contributed by atoms with Gasteiger partial charge in [-0.05, 0) is 40.0 Å². The van der Waals surface area contributed by atoms with Crippen LogP contribution in [0, 0.1) is 25.2 Å². The third kappa shape index (κ3) is 10.6. The minimum Gasteiger partial charge on any atom is -0.459 e. The molecule has 8 atom stereocenters. The Labute approximate surface area is 284 Å². The van der Waals surface area contributed by atoms with Crippen LogP contribution in [-0.2, 0) is 37.4 Å². The number of rotatable bonds is 17. The molecule has 19 heteroatoms. The normalized spacial score (nSPS) is 24.3. The zero-order chi connectivity index (χ0) is 35.7. The summed E-state index contributed by atoms with van der Waals surface area (Å²) < 4.78 is 38.8. The number of carbonyl (C=O) groups excluding carboxylic acids is 2. The van der Waals surface area contributed by atoms with Gasteiger partial charge in [-0.15, -0.1) is 8.58 Å². The third-order valence-corrected chi connectivity index (χ3v) is 9.88. The number of hydrogen-bond donors (Lipinski definition) is 2. The van der Waals surface area contributed by atoms with E-state index in [1.54, 1.807) is 6.92 Å². The number of nitrogens with one attached hydrogen (secondary N) is 2. The van der Waals surface area contributed by atoms with Crippen LogP contribution in [0.25, 0.3) is 0 Å². The zero-order valence-electron chi connectivity index (χ0n) is 27.7. The Hall–Kier alpha value is -3.35. The number of esters is 1. The van der Waals surface area contributed by atoms with Gasteiger partial charge in [0, 0.05) is 42.8 Å². The Morgan fingerprint density at radius 1 is 0.959 bits per heavy atom. The maximum absolute atomic E-state index is 12.6. The van der Waals surface area contributed by atoms with E-state index in [-0.39, 0.29) is 56.7 Å². The predicted octanol–water partition coefficient (Wildman–Crippen LogP) is 1.82. The van der Waals surface area contributed by atoms with Crippen molar-refractivity contribution in [2.45, 2.75) is 96.2 Å². The van der Waals surface area contributed by atoms with Crippen LogP contribution in [-0.4, -0.2) is 81.3 Å². The lowest BCUT2D eigenvalue weighted by atomic mass is 10.1. The summed E-state index contributed by atoms with van der Waals surface area (Å²) in [7, 11) is -1.51. The third-order valence-electron chi connectivity index (χ3n) is 7.89. The highest BCUT2D eigenvalue weighted by molar-refractivity contribution is 7.41. The van der Waals surface area contributed by atoms with Crippen molar-refractivity contribution in [3.8, 4) is 6.07 Å². The first kappa shape index (κ1) is 38.5. The number of hydrogen-bond acceptors (Lipinski definition) is 13. The van der Waals surface area contributed by atoms with Crippen LogP contribution in [0.5, 0.6) is 0 Å². The minimum absolute atomic E-state index is 0.00361. The van der Waals surface area contributed by atoms with Crippen molar-refractivity contribution >= 4 is 28.9 Å². The average molecular weight is 726 g/mol. The summed E-state index contributed by atoms with van der Waals surface area (Å²) in [5, 5.41) is 9.11. The topological polar surface area (TPSA) is 223 Å². The van der Waals surface area contributed by atoms with Crippen LogP contribution in [0.4, 0.5) is 0 Å². The molecule has 268 valence electrons. The summed E-state index contributed by atoms with van der Waals surface area (Å²) in [5.74, 6) is -0.814. The van der Waals surface area contributed by atoms with Gasteiger partial charge in [0.15, 0.2) is 0 Å². The quantitative estimate of drug-likeness (QED) is 0.135. The molecule has 4 heterocycles. The van der Waals surface area contributed by atoms with Crippen LogP contribution >= 0.6 is 17.2 Å². The second-order valence-corrected chi connectivity index (χ2v) is 14.1. The molecule has 0 bridgehead atoms. The molecule has 0 amide bonds. The van der Waals surface area contributed by atoms with Gasteiger partial charge in [0.2, 0.25) is 0 Å². The SMILES string of the molecule is CPCCC1OC(n2cc(C)c(=O)[nH]c2=O)CC1OP(OCCC#N)OCC1OC(n2cc(C)c(=O)[nH]c2=O)CC1OC(=O)CCC(C)=O. The van der Waals surface area contributed by atoms with E-state index in [1.807, 2.05) is 6.07 Å². The van der Waals surface area contributed by atoms with E-state index in [2.05, 4.69) is 16.6 Å². The van der Waals surface area contributed by atoms with E-state index in [9.17, 15) is 28.8 Å². The largest absolute Gasteiger partial charge is 0.459 e. The lowest BCUT2D eigenvalue weighted by Crippen LogP contribution is -2.33. The fraction of sp³-hybridized carbons (Fsp3) is 0.633. The highest BCUT2D eigenvalue weighted by Gasteiger charge is 2.42. The number of ether oxygens (including phenoxy) is 3. The van der Waals surface area contributed by atoms with Crippen LogP contribution in [0.15, 0.2) is 31.6 Å². The van der Waals surface area contributed by atoms with Crippen molar-refractivity contribution in [3.05, 3.63) is 65.2 Å². The first-order valence-electron chi connectivity index (χ1n) is 15.8. The van der Waals surface area contributed by atoms with Crippen molar-refractivity contribution in [2.24, 2.45) is 0 Å². The molecule has 0 radical (unpaired) electrons. The average Bonchev–Trinajstić information content (AvgIpc) is 3.64. The second kappa shape index (κ2) is 18.1. The van der Waals surface area contributed by atoms with Gasteiger partial charge in [-0.1, -0.05) is 0 Å². The number of ketones is 1. The monoisotopic (exact) mass is 725 g/mol. The van der Waals surface area contributed by atoms with E-state index in [0.717, 1.165) is 6.16 Å². The molecule has 4 rings (SSSR count). The van der Waals surface area contributed by atoms with Gasteiger partial charge in [0.05, 0.1) is 44.3 Å². The lowest BCUT2D eigenvalue weighted by Gasteiger charge is -2.25. The summed E-state index contributed by atoms with van der Waals surface area (Å²) in [4.78, 5) is 77.7. The van der Waals surface area contributed by atoms with Crippen molar-refractivity contribution in [1.82, 2.24) is 19.1 Å². The molecule has 2 aromatic rings. The van der Waals surface area contributed by atoms with Gasteiger partial charge >= 0.3 is 26.0 Å². The molecule has 2 aliphatic rings. The molecule has 0 spiro atoms. The Kier molecular flexibility index (Phi) is 14.2. The molecule has 2 aliphatic heterocycles. The van der Waals surface area contributed by atoms with Crippen LogP contribution < -0.4 is 22.5 Å². The van der Waals surface area contributed by atoms with Crippen molar-refractivity contribution in [2.75, 3.05) is 26.0 Å². The number of nitriles is 1. The van der Waals surface area contributed by atoms with Gasteiger partial charge in [-0.25, -0.2) is 9.59 Å². The van der Waals surface area contributed by atoms with Crippen LogP contribution in [0.1, 0.15) is 69.0 Å². The van der Waals surface area contributed by atoms with Crippen LogP contribution in [0.3, 0.4) is 0 Å². The molecule has 17 nitrogen and oxygen atoms in total. The number of Topliss-reactive ketones (excluding diaryl/α,β-unsaturated/α-hetero) is 1. The van der Waals surface area contributed by atoms with Gasteiger partial charge in [-0.2, -0.15) is 5.26 Å². The first-order chi connectivity index (χ1) is 23.4. The summed E-state index contributed by atoms with van der Waals surface area (Å²) in [6, 6.07) is 2.00. The van der Waals surface area contributed by atoms with Crippen molar-refractivity contribution in [1.29, 1.82) is 5.26 Å². The molecule has 49 heavy (non-hydrogen) atoms. The molecule has 0 saturated carbocycles. The summed E-state index contributed by atoms with van der Waals surface area (Å²) >= 11 is 0. The van der Waals surface area contributed by atoms with E-state index in [0.29, 0.717) is 20.6 Å². The highest BCUT2D eigenvalue weighted by Crippen LogP contribution is 2.47. The number of H-pyrrole nitrogens is 2. The smallest absolute Gasteiger partial charge is 0.333 e. The van der Waals surface area contributed by atoms with Gasteiger partial charge < -0.3 is 32.6 Å². The molecule has 0 aromatic carbocycles. The van der Waals surface area contributed by atoms with E-state index in [4.69, 9.17) is 33.0 Å². The van der Waals surface area contributed by atoms with Crippen molar-refractivity contribution in [3.63, 3.8) is 0 Å². The van der Waals surface area contributed by atoms with Gasteiger partial charge in [0.25, 0.3) is 11.1 Å². The number of carbonyl (C=O) groups is 2. The number of aryl methyl sites for hydroxylation is 2. The molecule has 2 fully saturated rings. The van der Waals surface area contributed by atoms with Crippen LogP contribution in [0.2, 0.25) is 0 Å². The fourth-order valence-corrected chi connectivity index (χ4v) is 7.01. The van der Waals surface area contributed by atoms with E-state index < -0.39 is 73.9 Å². The standard InChI is InChI=1S/C30H41N5O12P2/c1-17-14-34(29(40)32-27(17)38)24-12-21(46-26(37)7-6-19(3)36)23(45-24)16-43-49(42-10-5-9-31)47-22-13-25(44-20(22)8-11-48-4)35-15-18(2)28(39)33-30(35)41/h14-15,20-25,48H,5-8,10-13,16H2,1-4H3,(H,32,38,40)(H,33,39,41). The molecular formula is C30H41N5O12P2. The molecule has 8 unspecified atom stereocenters. The van der Waals surface area contributed by atoms with E-state index in [1.165, 1.54) is 35.4 Å². The number of aromatic amines is 2. The molecule has 2 aromatic heterocycles. The molecule has 2 saturated heterocycles. The molecule has 2 N–H and O–H groups in total. The molecule has 0 aliphatic carbocycles. The Morgan fingerprint density at radius 3 is 2.12 bits per heavy atom. The maximum atomic E-state index is 12.6. The fourth-order valence-electron chi connectivity index (χ4n) is 5.29. The molecular weight excluding hydrogens is 684 g/mol. The Balaban J connectivity index is 1.53. The van der Waals surface area contributed by atoms with Crippen molar-refractivity contribution < 1.29 is 37.4 Å². The van der Waals surface area contributed by atoms with E-state index >= 15 is 0 Å². The number of nitrogens with zero attached hydrogens (tertiary/aromatic N) is 3. The Morgan fingerprint density at radius 2 is 1.55 bits per heavy atom. The van der Waals surface area contributed by atoms with Gasteiger partial charge in [0.1, 0.15) is 30.4 Å². The number of aromatic nitrogens is 4. The minimum atomic E-state index is -2.14. The summed E-state index contributed by atoms with van der Waals surface area (Å²) in [5.41, 5.74) is -1.74. The lowest BCUT2D eigenvalue weighted by molar-refractivity contribution is -0.153. The maximum Gasteiger partial charge on any atom is 0.333 e. The first-order valence-corrected chi connectivity index (χ1v) is 18.6. The predicted molar refractivity (Wildman–Crippen MR) is 177 cm³/mol. The zero-order valence-corrected chi connectivity index (χ0v) is 29.6. The van der Waals surface area contributed by atoms with Gasteiger partial charge in [-0.3, -0.25) is 33.5 Å². The summed E-state index contributed by atoms with van der Waals surface area (Å²) in [6.45, 7) is 6.31. The second-order valence-electron chi connectivity index (χ2n) is 11.7. The Bertz CT molecular complexity index is 1750.